The van der Waals surface area contributed by atoms with Gasteiger partial charge in [0.25, 0.3) is 0 Å². The van der Waals surface area contributed by atoms with Crippen LogP contribution < -0.4 is 5.32 Å². The number of para-hydroxylation sites is 1. The quantitative estimate of drug-likeness (QED) is 0.800. The number of rotatable bonds is 3. The van der Waals surface area contributed by atoms with Gasteiger partial charge < -0.3 is 15.1 Å². The lowest BCUT2D eigenvalue weighted by molar-refractivity contribution is -0.0979. The second-order valence-electron chi connectivity index (χ2n) is 3.21. The van der Waals surface area contributed by atoms with Gasteiger partial charge in [0.05, 0.1) is 0 Å². The molecule has 0 bridgehead atoms. The maximum Gasteiger partial charge on any atom is 0.106 e. The Morgan fingerprint density at radius 3 is 2.80 bits per heavy atom. The lowest BCUT2D eigenvalue weighted by Crippen LogP contribution is -2.09. The van der Waals surface area contributed by atoms with E-state index in [0.29, 0.717) is 0 Å². The summed E-state index contributed by atoms with van der Waals surface area (Å²) in [5.74, 6) is 0. The molecule has 2 aromatic rings. The first-order valence-electron chi connectivity index (χ1n) is 4.90. The zero-order chi connectivity index (χ0) is 11.1. The maximum atomic E-state index is 8.00. The van der Waals surface area contributed by atoms with E-state index in [1.54, 1.807) is 0 Å². The van der Waals surface area contributed by atoms with Crippen molar-refractivity contribution in [3.63, 3.8) is 0 Å². The molecule has 3 nitrogen and oxygen atoms in total. The molecule has 80 valence electrons. The van der Waals surface area contributed by atoms with Crippen LogP contribution in [0, 0.1) is 0 Å². The van der Waals surface area contributed by atoms with E-state index in [4.69, 9.17) is 4.79 Å². The van der Waals surface area contributed by atoms with E-state index in [1.807, 2.05) is 13.8 Å². The molecular weight excluding hydrogens is 188 g/mol. The molecule has 0 spiro atoms. The van der Waals surface area contributed by atoms with Crippen LogP contribution in [0.4, 0.5) is 0 Å². The zero-order valence-electron chi connectivity index (χ0n) is 8.92. The van der Waals surface area contributed by atoms with Crippen LogP contribution in [0.25, 0.3) is 10.9 Å². The summed E-state index contributed by atoms with van der Waals surface area (Å²) in [5.41, 5.74) is 2.62. The largest absolute Gasteiger partial charge is 0.361 e. The molecule has 2 N–H and O–H groups in total. The van der Waals surface area contributed by atoms with Crippen molar-refractivity contribution in [2.24, 2.45) is 0 Å². The molecule has 0 saturated heterocycles. The average Bonchev–Trinajstić information content (AvgIpc) is 2.72. The predicted molar refractivity (Wildman–Crippen MR) is 63.1 cm³/mol. The third kappa shape index (κ3) is 2.67. The van der Waals surface area contributed by atoms with E-state index >= 15 is 0 Å². The number of aromatic nitrogens is 1. The van der Waals surface area contributed by atoms with Crippen LogP contribution >= 0.6 is 0 Å². The van der Waals surface area contributed by atoms with Gasteiger partial charge in [0.1, 0.15) is 6.79 Å². The third-order valence-electron chi connectivity index (χ3n) is 2.32. The van der Waals surface area contributed by atoms with Crippen molar-refractivity contribution in [2.75, 3.05) is 13.6 Å². The Kier molecular flexibility index (Phi) is 4.57. The fraction of sp³-hybridized carbons (Fsp3) is 0.250. The monoisotopic (exact) mass is 204 g/mol. The Morgan fingerprint density at radius 1 is 1.33 bits per heavy atom. The molecule has 0 fully saturated rings. The van der Waals surface area contributed by atoms with Crippen molar-refractivity contribution in [3.8, 4) is 0 Å². The summed E-state index contributed by atoms with van der Waals surface area (Å²) in [6.45, 7) is 3.03. The van der Waals surface area contributed by atoms with E-state index in [0.717, 1.165) is 13.0 Å². The van der Waals surface area contributed by atoms with Crippen LogP contribution in [0.1, 0.15) is 5.56 Å². The van der Waals surface area contributed by atoms with Gasteiger partial charge in [-0.3, -0.25) is 0 Å². The van der Waals surface area contributed by atoms with Gasteiger partial charge in [0.15, 0.2) is 0 Å². The molecule has 0 atom stereocenters. The minimum Gasteiger partial charge on any atom is -0.361 e. The second kappa shape index (κ2) is 5.98. The molecule has 1 heterocycles. The summed E-state index contributed by atoms with van der Waals surface area (Å²) >= 11 is 0. The van der Waals surface area contributed by atoms with Gasteiger partial charge in [-0.1, -0.05) is 18.2 Å². The van der Waals surface area contributed by atoms with Crippen molar-refractivity contribution in [1.82, 2.24) is 10.3 Å². The molecule has 1 aromatic heterocycles. The summed E-state index contributed by atoms with van der Waals surface area (Å²) in [4.78, 5) is 11.3. The maximum absolute atomic E-state index is 8.00. The molecule has 0 amide bonds. The predicted octanol–water partition coefficient (Wildman–Crippen LogP) is 1.74. The van der Waals surface area contributed by atoms with Gasteiger partial charge in [0.2, 0.25) is 0 Å². The standard InChI is InChI=1S/C11H14N2.CH2O/c1-12-7-6-9-8-13-11-5-3-2-4-10(9)11;1-2/h2-5,8,12-13H,6-7H2,1H3;1H2. The van der Waals surface area contributed by atoms with Crippen LogP contribution in [0.5, 0.6) is 0 Å². The number of H-pyrrole nitrogens is 1. The smallest absolute Gasteiger partial charge is 0.106 e. The summed E-state index contributed by atoms with van der Waals surface area (Å²) in [7, 11) is 1.98. The van der Waals surface area contributed by atoms with E-state index < -0.39 is 0 Å². The molecule has 0 saturated carbocycles. The number of hydrogen-bond acceptors (Lipinski definition) is 2. The molecule has 0 aliphatic heterocycles. The first-order valence-corrected chi connectivity index (χ1v) is 4.90. The Bertz CT molecular complexity index is 409. The number of benzene rings is 1. The minimum absolute atomic E-state index is 1.03. The lowest BCUT2D eigenvalue weighted by atomic mass is 10.1. The molecule has 1 aromatic carbocycles. The zero-order valence-corrected chi connectivity index (χ0v) is 8.92. The Hall–Kier alpha value is -1.61. The van der Waals surface area contributed by atoms with Crippen molar-refractivity contribution in [1.29, 1.82) is 0 Å². The van der Waals surface area contributed by atoms with Gasteiger partial charge in [-0.2, -0.15) is 0 Å². The number of likely N-dealkylation sites (N-methyl/N-ethyl adjacent to an activating group) is 1. The number of carbonyl (C=O) groups is 1. The van der Waals surface area contributed by atoms with E-state index in [-0.39, 0.29) is 0 Å². The highest BCUT2D eigenvalue weighted by Gasteiger charge is 2.00. The fourth-order valence-corrected chi connectivity index (χ4v) is 1.60. The van der Waals surface area contributed by atoms with E-state index in [2.05, 4.69) is 40.8 Å². The molecular formula is C12H16N2O. The van der Waals surface area contributed by atoms with Crippen LogP contribution in [0.2, 0.25) is 0 Å². The van der Waals surface area contributed by atoms with Crippen LogP contribution in [-0.4, -0.2) is 25.4 Å². The normalized spacial score (nSPS) is 9.67. The summed E-state index contributed by atoms with van der Waals surface area (Å²) < 4.78 is 0. The van der Waals surface area contributed by atoms with Crippen molar-refractivity contribution >= 4 is 17.7 Å². The molecule has 0 unspecified atom stereocenters. The molecule has 15 heavy (non-hydrogen) atoms. The third-order valence-corrected chi connectivity index (χ3v) is 2.32. The average molecular weight is 204 g/mol. The number of carbonyl (C=O) groups excluding carboxylic acids is 1. The number of nitrogens with one attached hydrogen (secondary N) is 2. The topological polar surface area (TPSA) is 44.9 Å². The highest BCUT2D eigenvalue weighted by atomic mass is 16.1. The number of hydrogen-bond donors (Lipinski definition) is 2. The molecule has 2 rings (SSSR count). The van der Waals surface area contributed by atoms with E-state index in [1.165, 1.54) is 16.5 Å². The highest BCUT2D eigenvalue weighted by Crippen LogP contribution is 2.17. The molecule has 0 radical (unpaired) electrons. The Morgan fingerprint density at radius 2 is 2.07 bits per heavy atom. The van der Waals surface area contributed by atoms with Gasteiger partial charge in [0, 0.05) is 17.1 Å². The van der Waals surface area contributed by atoms with Crippen molar-refractivity contribution < 1.29 is 4.79 Å². The Balaban J connectivity index is 0.000000531. The van der Waals surface area contributed by atoms with E-state index in [9.17, 15) is 0 Å². The summed E-state index contributed by atoms with van der Waals surface area (Å²) in [6, 6.07) is 8.41. The molecule has 0 aliphatic rings. The minimum atomic E-state index is 1.03. The van der Waals surface area contributed by atoms with Crippen molar-refractivity contribution in [3.05, 3.63) is 36.0 Å². The first kappa shape index (κ1) is 11.5. The number of aromatic amines is 1. The second-order valence-corrected chi connectivity index (χ2v) is 3.21. The van der Waals surface area contributed by atoms with Gasteiger partial charge >= 0.3 is 0 Å². The SMILES string of the molecule is C=O.CNCCc1c[nH]c2ccccc12. The van der Waals surface area contributed by atoms with Crippen LogP contribution in [0.15, 0.2) is 30.5 Å². The van der Waals surface area contributed by atoms with Crippen LogP contribution in [-0.2, 0) is 11.2 Å². The van der Waals surface area contributed by atoms with Gasteiger partial charge in [-0.05, 0) is 31.6 Å². The number of fused-ring (bicyclic) bond motifs is 1. The first-order chi connectivity index (χ1) is 7.42. The molecule has 0 aliphatic carbocycles. The van der Waals surface area contributed by atoms with Crippen molar-refractivity contribution in [2.45, 2.75) is 6.42 Å². The highest BCUT2D eigenvalue weighted by molar-refractivity contribution is 5.83. The lowest BCUT2D eigenvalue weighted by Gasteiger charge is -1.97. The fourth-order valence-electron chi connectivity index (χ4n) is 1.60. The summed E-state index contributed by atoms with van der Waals surface area (Å²) in [5, 5.41) is 4.50. The molecule has 3 heteroatoms. The van der Waals surface area contributed by atoms with Crippen LogP contribution in [0.3, 0.4) is 0 Å². The van der Waals surface area contributed by atoms with Gasteiger partial charge in [-0.25, -0.2) is 0 Å². The Labute approximate surface area is 89.5 Å². The summed E-state index contributed by atoms with van der Waals surface area (Å²) in [6.07, 6.45) is 3.18. The van der Waals surface area contributed by atoms with Gasteiger partial charge in [-0.15, -0.1) is 0 Å².